The van der Waals surface area contributed by atoms with E-state index in [1.165, 1.54) is 5.56 Å². The Hall–Kier alpha value is -1.66. The number of hydrogen-bond acceptors (Lipinski definition) is 4. The highest BCUT2D eigenvalue weighted by molar-refractivity contribution is 7.15. The molecule has 1 unspecified atom stereocenters. The minimum absolute atomic E-state index is 0.248. The average molecular weight is 275 g/mol. The van der Waals surface area contributed by atoms with E-state index in [1.807, 2.05) is 37.3 Å². The lowest BCUT2D eigenvalue weighted by atomic mass is 10.0. The number of nitrogens with one attached hydrogen (secondary N) is 1. The van der Waals surface area contributed by atoms with Gasteiger partial charge in [0.1, 0.15) is 0 Å². The Labute approximate surface area is 115 Å². The van der Waals surface area contributed by atoms with Gasteiger partial charge in [0, 0.05) is 49.0 Å². The molecule has 0 saturated heterocycles. The lowest BCUT2D eigenvalue weighted by molar-refractivity contribution is 0.582. The van der Waals surface area contributed by atoms with Gasteiger partial charge in [-0.05, 0) is 14.0 Å². The third kappa shape index (κ3) is 2.29. The summed E-state index contributed by atoms with van der Waals surface area (Å²) in [6.45, 7) is 2.05. The molecule has 100 valence electrons. The molecule has 0 aromatic carbocycles. The van der Waals surface area contributed by atoms with E-state index < -0.39 is 0 Å². The molecular weight excluding hydrogens is 258 g/mol. The van der Waals surface area contributed by atoms with Gasteiger partial charge in [0.05, 0.1) is 11.4 Å². The molecule has 6 heteroatoms. The third-order valence-electron chi connectivity index (χ3n) is 3.33. The van der Waals surface area contributed by atoms with E-state index in [0.717, 1.165) is 22.8 Å². The highest BCUT2D eigenvalue weighted by Crippen LogP contribution is 2.21. The lowest BCUT2D eigenvalue weighted by Gasteiger charge is -2.13. The van der Waals surface area contributed by atoms with Crippen molar-refractivity contribution < 1.29 is 0 Å². The first-order chi connectivity index (χ1) is 9.17. The number of imidazole rings is 1. The quantitative estimate of drug-likeness (QED) is 0.791. The van der Waals surface area contributed by atoms with Gasteiger partial charge in [-0.3, -0.25) is 9.08 Å². The van der Waals surface area contributed by atoms with Crippen molar-refractivity contribution in [3.8, 4) is 0 Å². The van der Waals surface area contributed by atoms with Crippen molar-refractivity contribution in [2.75, 3.05) is 7.05 Å². The Morgan fingerprint density at radius 3 is 2.89 bits per heavy atom. The van der Waals surface area contributed by atoms with E-state index in [2.05, 4.69) is 32.2 Å². The van der Waals surface area contributed by atoms with Crippen LogP contribution in [0.25, 0.3) is 4.96 Å². The van der Waals surface area contributed by atoms with Gasteiger partial charge in [0.25, 0.3) is 0 Å². The highest BCUT2D eigenvalue weighted by atomic mass is 32.1. The summed E-state index contributed by atoms with van der Waals surface area (Å²) < 4.78 is 3.93. The monoisotopic (exact) mass is 275 g/mol. The van der Waals surface area contributed by atoms with Crippen LogP contribution in [0, 0.1) is 6.92 Å². The molecule has 0 amide bonds. The molecular formula is C13H17N5S. The van der Waals surface area contributed by atoms with E-state index in [-0.39, 0.29) is 6.04 Å². The van der Waals surface area contributed by atoms with Crippen LogP contribution in [0.2, 0.25) is 0 Å². The summed E-state index contributed by atoms with van der Waals surface area (Å²) in [7, 11) is 3.94. The van der Waals surface area contributed by atoms with Crippen LogP contribution in [0.15, 0.2) is 24.0 Å². The van der Waals surface area contributed by atoms with Gasteiger partial charge >= 0.3 is 0 Å². The number of aryl methyl sites for hydroxylation is 2. The van der Waals surface area contributed by atoms with Crippen LogP contribution in [0.5, 0.6) is 0 Å². The molecule has 0 saturated carbocycles. The van der Waals surface area contributed by atoms with Crippen molar-refractivity contribution in [2.45, 2.75) is 19.4 Å². The zero-order valence-electron chi connectivity index (χ0n) is 11.3. The van der Waals surface area contributed by atoms with Gasteiger partial charge in [0.2, 0.25) is 0 Å². The van der Waals surface area contributed by atoms with Crippen LogP contribution in [-0.2, 0) is 13.5 Å². The van der Waals surface area contributed by atoms with Crippen molar-refractivity contribution in [3.63, 3.8) is 0 Å². The second-order valence-electron chi connectivity index (χ2n) is 4.71. The zero-order valence-corrected chi connectivity index (χ0v) is 12.1. The Morgan fingerprint density at radius 1 is 1.42 bits per heavy atom. The third-order valence-corrected chi connectivity index (χ3v) is 4.10. The van der Waals surface area contributed by atoms with Crippen LogP contribution >= 0.6 is 11.3 Å². The highest BCUT2D eigenvalue weighted by Gasteiger charge is 2.17. The van der Waals surface area contributed by atoms with Crippen molar-refractivity contribution in [1.29, 1.82) is 0 Å². The van der Waals surface area contributed by atoms with Gasteiger partial charge in [-0.25, -0.2) is 4.98 Å². The van der Waals surface area contributed by atoms with Crippen LogP contribution in [0.4, 0.5) is 0 Å². The Bertz CT molecular complexity index is 664. The molecule has 5 nitrogen and oxygen atoms in total. The summed E-state index contributed by atoms with van der Waals surface area (Å²) in [5.74, 6) is 0. The van der Waals surface area contributed by atoms with E-state index in [0.29, 0.717) is 0 Å². The molecule has 0 bridgehead atoms. The Balaban J connectivity index is 1.87. The predicted molar refractivity (Wildman–Crippen MR) is 76.5 cm³/mol. The van der Waals surface area contributed by atoms with Crippen molar-refractivity contribution in [1.82, 2.24) is 24.5 Å². The van der Waals surface area contributed by atoms with Crippen molar-refractivity contribution >= 4 is 16.3 Å². The first-order valence-corrected chi connectivity index (χ1v) is 7.14. The van der Waals surface area contributed by atoms with Gasteiger partial charge < -0.3 is 5.32 Å². The molecule has 0 fully saturated rings. The molecule has 0 spiro atoms. The predicted octanol–water partition coefficient (Wildman–Crippen LogP) is 1.94. The van der Waals surface area contributed by atoms with Crippen LogP contribution in [0.3, 0.4) is 0 Å². The lowest BCUT2D eigenvalue weighted by Crippen LogP contribution is -2.19. The summed E-state index contributed by atoms with van der Waals surface area (Å²) in [5, 5.41) is 9.81. The first-order valence-electron chi connectivity index (χ1n) is 6.26. The molecule has 0 radical (unpaired) electrons. The summed E-state index contributed by atoms with van der Waals surface area (Å²) in [6, 6.07) is 0.248. The maximum atomic E-state index is 4.64. The number of hydrogen-bond donors (Lipinski definition) is 1. The zero-order chi connectivity index (χ0) is 13.4. The maximum Gasteiger partial charge on any atom is 0.193 e. The second kappa shape index (κ2) is 4.79. The number of aromatic nitrogens is 4. The fourth-order valence-corrected chi connectivity index (χ4v) is 3.13. The molecule has 3 heterocycles. The largest absolute Gasteiger partial charge is 0.313 e. The fraction of sp³-hybridized carbons (Fsp3) is 0.385. The Morgan fingerprint density at radius 2 is 2.26 bits per heavy atom. The van der Waals surface area contributed by atoms with Gasteiger partial charge in [-0.1, -0.05) is 0 Å². The van der Waals surface area contributed by atoms with E-state index in [4.69, 9.17) is 0 Å². The molecule has 19 heavy (non-hydrogen) atoms. The summed E-state index contributed by atoms with van der Waals surface area (Å²) in [5.41, 5.74) is 3.42. The van der Waals surface area contributed by atoms with Crippen LogP contribution in [-0.4, -0.2) is 26.2 Å². The standard InChI is InChI=1S/C13H17N5S/c1-9-11(8-17(3)16-9)12(14-2)6-10-7-18-4-5-19-13(18)15-10/h4-5,7-8,12,14H,6H2,1-3H3. The molecule has 0 aliphatic rings. The molecule has 1 N–H and O–H groups in total. The van der Waals surface area contributed by atoms with Gasteiger partial charge in [-0.2, -0.15) is 5.10 Å². The number of rotatable bonds is 4. The molecule has 3 aromatic heterocycles. The molecule has 3 rings (SSSR count). The number of thiazole rings is 1. The van der Waals surface area contributed by atoms with Crippen LogP contribution < -0.4 is 5.32 Å². The topological polar surface area (TPSA) is 47.1 Å². The second-order valence-corrected chi connectivity index (χ2v) is 5.59. The maximum absolute atomic E-state index is 4.64. The number of likely N-dealkylation sites (N-methyl/N-ethyl adjacent to an activating group) is 1. The van der Waals surface area contributed by atoms with E-state index in [9.17, 15) is 0 Å². The van der Waals surface area contributed by atoms with E-state index >= 15 is 0 Å². The van der Waals surface area contributed by atoms with Gasteiger partial charge in [0.15, 0.2) is 4.96 Å². The Kier molecular flexibility index (Phi) is 3.12. The molecule has 1 atom stereocenters. The number of nitrogens with zero attached hydrogens (tertiary/aromatic N) is 4. The smallest absolute Gasteiger partial charge is 0.193 e. The summed E-state index contributed by atoms with van der Waals surface area (Å²) in [4.78, 5) is 5.69. The fourth-order valence-electron chi connectivity index (χ4n) is 2.41. The summed E-state index contributed by atoms with van der Waals surface area (Å²) in [6.07, 6.45) is 7.09. The minimum atomic E-state index is 0.248. The molecule has 0 aliphatic carbocycles. The van der Waals surface area contributed by atoms with Crippen molar-refractivity contribution in [3.05, 3.63) is 40.9 Å². The van der Waals surface area contributed by atoms with Gasteiger partial charge in [-0.15, -0.1) is 11.3 Å². The minimum Gasteiger partial charge on any atom is -0.313 e. The SMILES string of the molecule is CNC(Cc1cn2ccsc2n1)c1cn(C)nc1C. The van der Waals surface area contributed by atoms with E-state index in [1.54, 1.807) is 11.3 Å². The normalized spacial score (nSPS) is 13.2. The first kappa shape index (κ1) is 12.4. The number of fused-ring (bicyclic) bond motifs is 1. The average Bonchev–Trinajstić information content (AvgIpc) is 3.00. The summed E-state index contributed by atoms with van der Waals surface area (Å²) >= 11 is 1.66. The molecule has 0 aliphatic heterocycles. The van der Waals surface area contributed by atoms with Crippen LogP contribution in [0.1, 0.15) is 23.0 Å². The molecule has 3 aromatic rings. The van der Waals surface area contributed by atoms with Crippen molar-refractivity contribution in [2.24, 2.45) is 7.05 Å².